The summed E-state index contributed by atoms with van der Waals surface area (Å²) in [6.45, 7) is 0. The lowest BCUT2D eigenvalue weighted by Gasteiger charge is -2.00. The van der Waals surface area contributed by atoms with Crippen LogP contribution in [0, 0.1) is 0 Å². The number of aromatic nitrogens is 5. The number of pyridine rings is 1. The standard InChI is InChI=1S/C13H9N5OS2/c19-12-11-8(4-6-20-11)14-9(15-12)7-21-13-17-16-10-3-1-2-5-18(10)13/h1-6H,7H2,(H,14,15,19). The lowest BCUT2D eigenvalue weighted by Crippen LogP contribution is -2.09. The number of nitrogens with one attached hydrogen (secondary N) is 1. The lowest BCUT2D eigenvalue weighted by molar-refractivity contribution is 0.917. The lowest BCUT2D eigenvalue weighted by atomic mass is 10.4. The van der Waals surface area contributed by atoms with Crippen molar-refractivity contribution >= 4 is 39.0 Å². The number of thiophene rings is 1. The third-order valence-electron chi connectivity index (χ3n) is 2.98. The number of hydrogen-bond donors (Lipinski definition) is 1. The number of rotatable bonds is 3. The van der Waals surface area contributed by atoms with Gasteiger partial charge in [0.15, 0.2) is 10.8 Å². The molecule has 0 aromatic carbocycles. The average Bonchev–Trinajstić information content (AvgIpc) is 3.12. The van der Waals surface area contributed by atoms with Crippen LogP contribution in [0.1, 0.15) is 5.82 Å². The summed E-state index contributed by atoms with van der Waals surface area (Å²) < 4.78 is 2.57. The predicted molar refractivity (Wildman–Crippen MR) is 82.8 cm³/mol. The Morgan fingerprint density at radius 1 is 1.29 bits per heavy atom. The van der Waals surface area contributed by atoms with Crippen LogP contribution in [0.2, 0.25) is 0 Å². The van der Waals surface area contributed by atoms with Crippen LogP contribution in [0.4, 0.5) is 0 Å². The molecule has 0 unspecified atom stereocenters. The van der Waals surface area contributed by atoms with Gasteiger partial charge in [-0.3, -0.25) is 9.20 Å². The molecule has 4 heterocycles. The van der Waals surface area contributed by atoms with Gasteiger partial charge in [0.2, 0.25) is 0 Å². The van der Waals surface area contributed by atoms with Gasteiger partial charge in [0.1, 0.15) is 10.5 Å². The van der Waals surface area contributed by atoms with Gasteiger partial charge in [0.05, 0.1) is 11.3 Å². The van der Waals surface area contributed by atoms with E-state index in [1.807, 2.05) is 40.2 Å². The summed E-state index contributed by atoms with van der Waals surface area (Å²) in [7, 11) is 0. The molecule has 0 bridgehead atoms. The predicted octanol–water partition coefficient (Wildman–Crippen LogP) is 2.32. The van der Waals surface area contributed by atoms with Crippen molar-refractivity contribution in [3.63, 3.8) is 0 Å². The van der Waals surface area contributed by atoms with Crippen molar-refractivity contribution < 1.29 is 0 Å². The maximum Gasteiger partial charge on any atom is 0.268 e. The second-order valence-corrected chi connectivity index (χ2v) is 6.21. The van der Waals surface area contributed by atoms with E-state index in [-0.39, 0.29) is 5.56 Å². The van der Waals surface area contributed by atoms with E-state index in [0.717, 1.165) is 16.3 Å². The zero-order valence-corrected chi connectivity index (χ0v) is 12.3. The summed E-state index contributed by atoms with van der Waals surface area (Å²) in [5.41, 5.74) is 1.46. The molecule has 0 fully saturated rings. The molecule has 4 rings (SSSR count). The van der Waals surface area contributed by atoms with E-state index in [1.165, 1.54) is 23.1 Å². The van der Waals surface area contributed by atoms with Crippen LogP contribution in [-0.2, 0) is 5.75 Å². The Kier molecular flexibility index (Phi) is 2.97. The molecule has 6 nitrogen and oxygen atoms in total. The molecule has 0 atom stereocenters. The van der Waals surface area contributed by atoms with Crippen LogP contribution in [0.3, 0.4) is 0 Å². The van der Waals surface area contributed by atoms with E-state index in [0.29, 0.717) is 16.3 Å². The van der Waals surface area contributed by atoms with Gasteiger partial charge in [0.25, 0.3) is 5.56 Å². The molecule has 0 aliphatic heterocycles. The number of nitrogens with zero attached hydrogens (tertiary/aromatic N) is 4. The minimum absolute atomic E-state index is 0.0864. The molecule has 0 saturated heterocycles. The molecule has 8 heteroatoms. The van der Waals surface area contributed by atoms with Crippen LogP contribution in [0.5, 0.6) is 0 Å². The maximum atomic E-state index is 11.9. The molecule has 0 radical (unpaired) electrons. The second-order valence-electron chi connectivity index (χ2n) is 4.35. The van der Waals surface area contributed by atoms with Crippen molar-refractivity contribution in [2.45, 2.75) is 10.9 Å². The molecule has 0 amide bonds. The first kappa shape index (κ1) is 12.5. The number of H-pyrrole nitrogens is 1. The summed E-state index contributed by atoms with van der Waals surface area (Å²) in [6, 6.07) is 7.60. The summed E-state index contributed by atoms with van der Waals surface area (Å²) >= 11 is 2.89. The van der Waals surface area contributed by atoms with Crippen molar-refractivity contribution in [1.82, 2.24) is 24.6 Å². The Balaban J connectivity index is 1.64. The van der Waals surface area contributed by atoms with Gasteiger partial charge in [-0.2, -0.15) is 0 Å². The highest BCUT2D eigenvalue weighted by atomic mass is 32.2. The van der Waals surface area contributed by atoms with Crippen LogP contribution in [0.15, 0.2) is 45.8 Å². The third-order valence-corrected chi connectivity index (χ3v) is 4.84. The molecule has 0 aliphatic rings. The highest BCUT2D eigenvalue weighted by Crippen LogP contribution is 2.21. The van der Waals surface area contributed by atoms with Crippen LogP contribution in [0.25, 0.3) is 15.9 Å². The van der Waals surface area contributed by atoms with Gasteiger partial charge in [-0.05, 0) is 23.6 Å². The Morgan fingerprint density at radius 3 is 3.19 bits per heavy atom. The molecular formula is C13H9N5OS2. The van der Waals surface area contributed by atoms with Crippen molar-refractivity contribution in [3.05, 3.63) is 52.0 Å². The molecule has 0 spiro atoms. The highest BCUT2D eigenvalue weighted by Gasteiger charge is 2.08. The van der Waals surface area contributed by atoms with Crippen LogP contribution >= 0.6 is 23.1 Å². The smallest absolute Gasteiger partial charge is 0.268 e. The van der Waals surface area contributed by atoms with Gasteiger partial charge in [-0.15, -0.1) is 21.5 Å². The molecule has 0 saturated carbocycles. The molecule has 0 aliphatic carbocycles. The van der Waals surface area contributed by atoms with Gasteiger partial charge < -0.3 is 4.98 Å². The van der Waals surface area contributed by atoms with E-state index in [4.69, 9.17) is 0 Å². The largest absolute Gasteiger partial charge is 0.309 e. The first-order valence-corrected chi connectivity index (χ1v) is 8.07. The SMILES string of the molecule is O=c1[nH]c(CSc2nnc3ccccn23)nc2ccsc12. The van der Waals surface area contributed by atoms with Gasteiger partial charge >= 0.3 is 0 Å². The Bertz CT molecular complexity index is 987. The van der Waals surface area contributed by atoms with Gasteiger partial charge in [0, 0.05) is 6.20 Å². The Hall–Kier alpha value is -2.19. The van der Waals surface area contributed by atoms with E-state index < -0.39 is 0 Å². The van der Waals surface area contributed by atoms with Crippen molar-refractivity contribution in [1.29, 1.82) is 0 Å². The fourth-order valence-electron chi connectivity index (χ4n) is 2.04. The molecule has 4 aromatic heterocycles. The fraction of sp³-hybridized carbons (Fsp3) is 0.0769. The number of fused-ring (bicyclic) bond motifs is 2. The molecule has 1 N–H and O–H groups in total. The first-order valence-electron chi connectivity index (χ1n) is 6.20. The minimum Gasteiger partial charge on any atom is -0.309 e. The third kappa shape index (κ3) is 2.22. The monoisotopic (exact) mass is 315 g/mol. The summed E-state index contributed by atoms with van der Waals surface area (Å²) in [5, 5.41) is 10.9. The van der Waals surface area contributed by atoms with Gasteiger partial charge in [-0.1, -0.05) is 17.8 Å². The normalized spacial score (nSPS) is 11.4. The zero-order chi connectivity index (χ0) is 14.2. The van der Waals surface area contributed by atoms with E-state index in [1.54, 1.807) is 0 Å². The Morgan fingerprint density at radius 2 is 2.24 bits per heavy atom. The number of hydrogen-bond acceptors (Lipinski definition) is 6. The molecule has 21 heavy (non-hydrogen) atoms. The number of aromatic amines is 1. The second kappa shape index (κ2) is 4.97. The highest BCUT2D eigenvalue weighted by molar-refractivity contribution is 7.98. The van der Waals surface area contributed by atoms with E-state index >= 15 is 0 Å². The summed E-state index contributed by atoms with van der Waals surface area (Å²) in [6.07, 6.45) is 1.91. The molecule has 104 valence electrons. The van der Waals surface area contributed by atoms with Crippen molar-refractivity contribution in [2.75, 3.05) is 0 Å². The van der Waals surface area contributed by atoms with E-state index in [9.17, 15) is 4.79 Å². The van der Waals surface area contributed by atoms with Crippen molar-refractivity contribution in [3.8, 4) is 0 Å². The zero-order valence-electron chi connectivity index (χ0n) is 10.7. The van der Waals surface area contributed by atoms with Crippen molar-refractivity contribution in [2.24, 2.45) is 0 Å². The van der Waals surface area contributed by atoms with Gasteiger partial charge in [-0.25, -0.2) is 4.98 Å². The summed E-state index contributed by atoms with van der Waals surface area (Å²) in [5.74, 6) is 1.18. The Labute approximate surface area is 126 Å². The van der Waals surface area contributed by atoms with Crippen LogP contribution in [-0.4, -0.2) is 24.6 Å². The fourth-order valence-corrected chi connectivity index (χ4v) is 3.56. The average molecular weight is 315 g/mol. The molecule has 4 aromatic rings. The maximum absolute atomic E-state index is 11.9. The number of thioether (sulfide) groups is 1. The minimum atomic E-state index is -0.0864. The molecular weight excluding hydrogens is 306 g/mol. The van der Waals surface area contributed by atoms with E-state index in [2.05, 4.69) is 20.2 Å². The van der Waals surface area contributed by atoms with Crippen LogP contribution < -0.4 is 5.56 Å². The quantitative estimate of drug-likeness (QED) is 0.587. The summed E-state index contributed by atoms with van der Waals surface area (Å²) in [4.78, 5) is 19.2. The first-order chi connectivity index (χ1) is 10.3. The topological polar surface area (TPSA) is 75.9 Å².